The number of carbonyl (C=O) groups is 1. The van der Waals surface area contributed by atoms with Gasteiger partial charge in [0, 0.05) is 31.0 Å². The second kappa shape index (κ2) is 9.36. The highest BCUT2D eigenvalue weighted by Gasteiger charge is 2.03. The predicted octanol–water partition coefficient (Wildman–Crippen LogP) is 3.84. The van der Waals surface area contributed by atoms with Gasteiger partial charge in [-0.3, -0.25) is 4.79 Å². The van der Waals surface area contributed by atoms with Crippen LogP contribution < -0.4 is 20.7 Å². The van der Waals surface area contributed by atoms with Crippen LogP contribution >= 0.6 is 0 Å². The van der Waals surface area contributed by atoms with Crippen LogP contribution in [0.25, 0.3) is 0 Å². The molecule has 28 heavy (non-hydrogen) atoms. The van der Waals surface area contributed by atoms with Gasteiger partial charge >= 0.3 is 0 Å². The number of ether oxygens (including phenoxy) is 1. The summed E-state index contributed by atoms with van der Waals surface area (Å²) in [6.45, 7) is 2.18. The summed E-state index contributed by atoms with van der Waals surface area (Å²) in [6.07, 6.45) is 2.53. The fourth-order valence-electron chi connectivity index (χ4n) is 2.69. The van der Waals surface area contributed by atoms with Gasteiger partial charge in [-0.1, -0.05) is 18.2 Å². The maximum atomic E-state index is 11.2. The second-order valence-electron chi connectivity index (χ2n) is 6.18. The first-order chi connectivity index (χ1) is 13.6. The zero-order valence-corrected chi connectivity index (χ0v) is 15.9. The summed E-state index contributed by atoms with van der Waals surface area (Å²) in [5, 5.41) is 9.22. The molecule has 3 rings (SSSR count). The number of benzene rings is 2. The molecule has 2 aromatic carbocycles. The van der Waals surface area contributed by atoms with E-state index in [2.05, 4.69) is 32.0 Å². The molecule has 0 fully saturated rings. The number of amides is 1. The number of hydrogen-bond donors (Lipinski definition) is 3. The Labute approximate surface area is 164 Å². The van der Waals surface area contributed by atoms with Crippen molar-refractivity contribution in [3.63, 3.8) is 0 Å². The van der Waals surface area contributed by atoms with E-state index < -0.39 is 0 Å². The number of hydrogen-bond acceptors (Lipinski definition) is 6. The standard InChI is InChI=1S/C21H23N5O2/c1-15(27)24-17-6-4-7-18(14-17)25-20-10-12-23-21(26-20)22-11-9-16-5-3-8-19(13-16)28-2/h3-8,10,12-14H,9,11H2,1-2H3,(H,24,27)(H2,22,23,25,26). The van der Waals surface area contributed by atoms with E-state index in [1.165, 1.54) is 12.5 Å². The van der Waals surface area contributed by atoms with E-state index in [4.69, 9.17) is 4.74 Å². The average Bonchev–Trinajstić information content (AvgIpc) is 2.68. The molecule has 0 atom stereocenters. The molecular weight excluding hydrogens is 354 g/mol. The molecule has 1 heterocycles. The van der Waals surface area contributed by atoms with Crippen molar-refractivity contribution in [2.45, 2.75) is 13.3 Å². The Bertz CT molecular complexity index is 945. The molecule has 0 saturated carbocycles. The number of carbonyl (C=O) groups excluding carboxylic acids is 1. The highest BCUT2D eigenvalue weighted by atomic mass is 16.5. The van der Waals surface area contributed by atoms with Crippen molar-refractivity contribution in [1.82, 2.24) is 9.97 Å². The Morgan fingerprint density at radius 3 is 2.71 bits per heavy atom. The molecule has 1 amide bonds. The monoisotopic (exact) mass is 377 g/mol. The van der Waals surface area contributed by atoms with Gasteiger partial charge in [0.25, 0.3) is 0 Å². The maximum absolute atomic E-state index is 11.2. The van der Waals surface area contributed by atoms with Crippen LogP contribution in [0, 0.1) is 0 Å². The van der Waals surface area contributed by atoms with Crippen LogP contribution in [0.1, 0.15) is 12.5 Å². The molecule has 0 unspecified atom stereocenters. The fourth-order valence-corrected chi connectivity index (χ4v) is 2.69. The lowest BCUT2D eigenvalue weighted by molar-refractivity contribution is -0.114. The Kier molecular flexibility index (Phi) is 6.41. The van der Waals surface area contributed by atoms with E-state index in [9.17, 15) is 4.79 Å². The number of nitrogens with one attached hydrogen (secondary N) is 3. The number of rotatable bonds is 8. The van der Waals surface area contributed by atoms with Gasteiger partial charge in [-0.2, -0.15) is 4.98 Å². The lowest BCUT2D eigenvalue weighted by atomic mass is 10.1. The minimum absolute atomic E-state index is 0.110. The van der Waals surface area contributed by atoms with Crippen LogP contribution in [0.2, 0.25) is 0 Å². The second-order valence-corrected chi connectivity index (χ2v) is 6.18. The molecule has 0 aliphatic rings. The van der Waals surface area contributed by atoms with Gasteiger partial charge in [-0.05, 0) is 48.4 Å². The summed E-state index contributed by atoms with van der Waals surface area (Å²) < 4.78 is 5.24. The molecule has 0 radical (unpaired) electrons. The van der Waals surface area contributed by atoms with Gasteiger partial charge in [-0.25, -0.2) is 4.98 Å². The van der Waals surface area contributed by atoms with Crippen molar-refractivity contribution in [2.75, 3.05) is 29.6 Å². The molecule has 0 aliphatic heterocycles. The highest BCUT2D eigenvalue weighted by Crippen LogP contribution is 2.19. The summed E-state index contributed by atoms with van der Waals surface area (Å²) in [6, 6.07) is 17.2. The molecular formula is C21H23N5O2. The number of methoxy groups -OCH3 is 1. The quantitative estimate of drug-likeness (QED) is 0.553. The third-order valence-corrected chi connectivity index (χ3v) is 3.94. The van der Waals surface area contributed by atoms with E-state index in [1.807, 2.05) is 42.5 Å². The van der Waals surface area contributed by atoms with E-state index in [-0.39, 0.29) is 5.91 Å². The van der Waals surface area contributed by atoms with Crippen LogP contribution in [0.15, 0.2) is 60.8 Å². The fraction of sp³-hybridized carbons (Fsp3) is 0.190. The minimum Gasteiger partial charge on any atom is -0.497 e. The maximum Gasteiger partial charge on any atom is 0.224 e. The van der Waals surface area contributed by atoms with Crippen LogP contribution in [0.5, 0.6) is 5.75 Å². The van der Waals surface area contributed by atoms with Gasteiger partial charge in [0.2, 0.25) is 11.9 Å². The largest absolute Gasteiger partial charge is 0.497 e. The van der Waals surface area contributed by atoms with Gasteiger partial charge < -0.3 is 20.7 Å². The number of nitrogens with zero attached hydrogens (tertiary/aromatic N) is 2. The van der Waals surface area contributed by atoms with Crippen molar-refractivity contribution in [2.24, 2.45) is 0 Å². The molecule has 7 heteroatoms. The van der Waals surface area contributed by atoms with Crippen molar-refractivity contribution < 1.29 is 9.53 Å². The molecule has 144 valence electrons. The molecule has 0 saturated heterocycles. The molecule has 3 aromatic rings. The van der Waals surface area contributed by atoms with E-state index in [0.717, 1.165) is 23.5 Å². The van der Waals surface area contributed by atoms with E-state index in [1.54, 1.807) is 19.4 Å². The molecule has 0 bridgehead atoms. The topological polar surface area (TPSA) is 88.2 Å². The van der Waals surface area contributed by atoms with Crippen molar-refractivity contribution in [3.05, 3.63) is 66.4 Å². The molecule has 0 aliphatic carbocycles. The Morgan fingerprint density at radius 2 is 1.89 bits per heavy atom. The lowest BCUT2D eigenvalue weighted by Gasteiger charge is -2.10. The van der Waals surface area contributed by atoms with Gasteiger partial charge in [0.15, 0.2) is 0 Å². The molecule has 1 aromatic heterocycles. The Balaban J connectivity index is 1.58. The first kappa shape index (κ1) is 19.2. The lowest BCUT2D eigenvalue weighted by Crippen LogP contribution is -2.09. The third-order valence-electron chi connectivity index (χ3n) is 3.94. The van der Waals surface area contributed by atoms with Gasteiger partial charge in [0.05, 0.1) is 7.11 Å². The van der Waals surface area contributed by atoms with Crippen LogP contribution in [0.4, 0.5) is 23.1 Å². The van der Waals surface area contributed by atoms with Gasteiger partial charge in [-0.15, -0.1) is 0 Å². The summed E-state index contributed by atoms with van der Waals surface area (Å²) >= 11 is 0. The molecule has 3 N–H and O–H groups in total. The SMILES string of the molecule is COc1cccc(CCNc2nccc(Nc3cccc(NC(C)=O)c3)n2)c1. The Hall–Kier alpha value is -3.61. The highest BCUT2D eigenvalue weighted by molar-refractivity contribution is 5.89. The average molecular weight is 377 g/mol. The molecule has 0 spiro atoms. The number of aromatic nitrogens is 2. The summed E-state index contributed by atoms with van der Waals surface area (Å²) in [5.41, 5.74) is 2.73. The van der Waals surface area contributed by atoms with Crippen LogP contribution in [-0.2, 0) is 11.2 Å². The van der Waals surface area contributed by atoms with E-state index in [0.29, 0.717) is 18.3 Å². The predicted molar refractivity (Wildman–Crippen MR) is 111 cm³/mol. The van der Waals surface area contributed by atoms with Crippen LogP contribution in [0.3, 0.4) is 0 Å². The summed E-state index contributed by atoms with van der Waals surface area (Å²) in [7, 11) is 1.66. The van der Waals surface area contributed by atoms with Crippen molar-refractivity contribution in [3.8, 4) is 5.75 Å². The normalized spacial score (nSPS) is 10.2. The zero-order chi connectivity index (χ0) is 19.8. The minimum atomic E-state index is -0.110. The van der Waals surface area contributed by atoms with Crippen LogP contribution in [-0.4, -0.2) is 29.5 Å². The van der Waals surface area contributed by atoms with Crippen molar-refractivity contribution >= 4 is 29.0 Å². The van der Waals surface area contributed by atoms with E-state index >= 15 is 0 Å². The summed E-state index contributed by atoms with van der Waals surface area (Å²) in [5.74, 6) is 1.95. The first-order valence-electron chi connectivity index (χ1n) is 8.97. The van der Waals surface area contributed by atoms with Gasteiger partial charge in [0.1, 0.15) is 11.6 Å². The molecule has 7 nitrogen and oxygen atoms in total. The first-order valence-corrected chi connectivity index (χ1v) is 8.97. The number of anilines is 4. The smallest absolute Gasteiger partial charge is 0.224 e. The summed E-state index contributed by atoms with van der Waals surface area (Å²) in [4.78, 5) is 19.9. The zero-order valence-electron chi connectivity index (χ0n) is 15.9. The van der Waals surface area contributed by atoms with Crippen molar-refractivity contribution in [1.29, 1.82) is 0 Å². The Morgan fingerprint density at radius 1 is 1.07 bits per heavy atom. The third kappa shape index (κ3) is 5.70.